The Labute approximate surface area is 115 Å². The third kappa shape index (κ3) is 4.82. The van der Waals surface area contributed by atoms with Gasteiger partial charge in [-0.1, -0.05) is 20.8 Å². The number of hydrogen-bond acceptors (Lipinski definition) is 5. The minimum Gasteiger partial charge on any atom is -0.373 e. The van der Waals surface area contributed by atoms with Crippen LogP contribution >= 0.6 is 11.8 Å². The molecule has 18 heavy (non-hydrogen) atoms. The van der Waals surface area contributed by atoms with Crippen molar-refractivity contribution >= 4 is 17.6 Å². The summed E-state index contributed by atoms with van der Waals surface area (Å²) in [6.07, 6.45) is 0. The predicted molar refractivity (Wildman–Crippen MR) is 79.6 cm³/mol. The number of aromatic nitrogens is 2. The van der Waals surface area contributed by atoms with Crippen molar-refractivity contribution in [3.05, 3.63) is 11.9 Å². The second kappa shape index (κ2) is 6.38. The summed E-state index contributed by atoms with van der Waals surface area (Å²) in [5, 5.41) is 4.15. The van der Waals surface area contributed by atoms with Crippen LogP contribution in [-0.4, -0.2) is 48.3 Å². The molecule has 0 radical (unpaired) electrons. The molecule has 0 aliphatic heterocycles. The van der Waals surface area contributed by atoms with Crippen molar-refractivity contribution in [2.45, 2.75) is 31.2 Å². The average molecular weight is 268 g/mol. The van der Waals surface area contributed by atoms with Crippen LogP contribution in [0.25, 0.3) is 0 Å². The summed E-state index contributed by atoms with van der Waals surface area (Å²) in [5.74, 6) is 2.82. The van der Waals surface area contributed by atoms with Crippen molar-refractivity contribution in [1.82, 2.24) is 14.9 Å². The number of nitrogens with zero attached hydrogens (tertiary/aromatic N) is 3. The monoisotopic (exact) mass is 268 g/mol. The topological polar surface area (TPSA) is 41.0 Å². The van der Waals surface area contributed by atoms with Crippen molar-refractivity contribution in [3.63, 3.8) is 0 Å². The second-order valence-electron chi connectivity index (χ2n) is 5.57. The number of nitrogens with one attached hydrogen (secondary N) is 1. The molecule has 102 valence electrons. The van der Waals surface area contributed by atoms with Crippen LogP contribution in [0.15, 0.2) is 11.1 Å². The largest absolute Gasteiger partial charge is 0.373 e. The maximum absolute atomic E-state index is 4.64. The summed E-state index contributed by atoms with van der Waals surface area (Å²) in [5.41, 5.74) is -0.0241. The van der Waals surface area contributed by atoms with E-state index in [4.69, 9.17) is 0 Å². The molecule has 0 spiro atoms. The smallest absolute Gasteiger partial charge is 0.137 e. The quantitative estimate of drug-likeness (QED) is 0.656. The third-order valence-corrected chi connectivity index (χ3v) is 3.31. The number of anilines is 1. The molecule has 0 saturated carbocycles. The molecule has 0 saturated heterocycles. The predicted octanol–water partition coefficient (Wildman–Crippen LogP) is 2.47. The van der Waals surface area contributed by atoms with E-state index in [9.17, 15) is 0 Å². The van der Waals surface area contributed by atoms with Gasteiger partial charge in [-0.15, -0.1) is 11.8 Å². The lowest BCUT2D eigenvalue weighted by Gasteiger charge is -2.18. The molecule has 0 aliphatic carbocycles. The zero-order valence-corrected chi connectivity index (χ0v) is 13.1. The molecule has 0 bridgehead atoms. The maximum Gasteiger partial charge on any atom is 0.137 e. The molecule has 0 unspecified atom stereocenters. The lowest BCUT2D eigenvalue weighted by molar-refractivity contribution is 0.437. The molecule has 0 fully saturated rings. The fraction of sp³-hybridized carbons (Fsp3) is 0.692. The molecule has 4 nitrogen and oxygen atoms in total. The Hall–Kier alpha value is -0.810. The van der Waals surface area contributed by atoms with E-state index in [1.165, 1.54) is 0 Å². The van der Waals surface area contributed by atoms with Gasteiger partial charge in [-0.2, -0.15) is 0 Å². The van der Waals surface area contributed by atoms with Crippen LogP contribution in [0.5, 0.6) is 0 Å². The van der Waals surface area contributed by atoms with E-state index >= 15 is 0 Å². The first-order valence-corrected chi connectivity index (χ1v) is 7.16. The van der Waals surface area contributed by atoms with Crippen LogP contribution in [0.1, 0.15) is 26.6 Å². The minimum absolute atomic E-state index is 0.0241. The summed E-state index contributed by atoms with van der Waals surface area (Å²) >= 11 is 1.78. The highest BCUT2D eigenvalue weighted by Crippen LogP contribution is 2.24. The zero-order valence-electron chi connectivity index (χ0n) is 12.2. The van der Waals surface area contributed by atoms with Crippen LogP contribution in [-0.2, 0) is 5.41 Å². The highest BCUT2D eigenvalue weighted by Gasteiger charge is 2.19. The van der Waals surface area contributed by atoms with Gasteiger partial charge < -0.3 is 10.2 Å². The average Bonchev–Trinajstić information content (AvgIpc) is 2.27. The van der Waals surface area contributed by atoms with Crippen LogP contribution in [0.3, 0.4) is 0 Å². The van der Waals surface area contributed by atoms with E-state index in [0.717, 1.165) is 29.0 Å². The van der Waals surface area contributed by atoms with Gasteiger partial charge in [0.2, 0.25) is 0 Å². The van der Waals surface area contributed by atoms with Gasteiger partial charge in [0.1, 0.15) is 16.7 Å². The molecule has 0 aromatic carbocycles. The van der Waals surface area contributed by atoms with Crippen molar-refractivity contribution in [3.8, 4) is 0 Å². The Morgan fingerprint density at radius 1 is 1.28 bits per heavy atom. The molecule has 5 heteroatoms. The standard InChI is InChI=1S/C13H24N4S/c1-13(2,3)12-15-10(14-4)9-11(16-12)18-8-7-17(5)6/h9H,7-8H2,1-6H3,(H,14,15,16). The van der Waals surface area contributed by atoms with E-state index in [0.29, 0.717) is 0 Å². The van der Waals surface area contributed by atoms with Crippen molar-refractivity contribution in [1.29, 1.82) is 0 Å². The number of thioether (sulfide) groups is 1. The molecule has 1 aromatic rings. The molecule has 1 heterocycles. The first kappa shape index (κ1) is 15.2. The molecule has 0 amide bonds. The van der Waals surface area contributed by atoms with Crippen molar-refractivity contribution in [2.75, 3.05) is 38.8 Å². The lowest BCUT2D eigenvalue weighted by atomic mass is 9.96. The normalized spacial score (nSPS) is 11.9. The molecular formula is C13H24N4S. The highest BCUT2D eigenvalue weighted by atomic mass is 32.2. The fourth-order valence-corrected chi connectivity index (χ4v) is 2.31. The molecule has 1 N–H and O–H groups in total. The van der Waals surface area contributed by atoms with E-state index in [1.54, 1.807) is 11.8 Å². The molecule has 0 atom stereocenters. The van der Waals surface area contributed by atoms with Gasteiger partial charge in [-0.3, -0.25) is 0 Å². The summed E-state index contributed by atoms with van der Waals surface area (Å²) in [6, 6.07) is 2.01. The zero-order chi connectivity index (χ0) is 13.8. The first-order chi connectivity index (χ1) is 8.32. The van der Waals surface area contributed by atoms with Crippen molar-refractivity contribution in [2.24, 2.45) is 0 Å². The number of hydrogen-bond donors (Lipinski definition) is 1. The Kier molecular flexibility index (Phi) is 5.41. The SMILES string of the molecule is CNc1cc(SCCN(C)C)nc(C(C)(C)C)n1. The molecule has 0 aliphatic rings. The summed E-state index contributed by atoms with van der Waals surface area (Å²) in [6.45, 7) is 7.45. The van der Waals surface area contributed by atoms with Gasteiger partial charge >= 0.3 is 0 Å². The van der Waals surface area contributed by atoms with Gasteiger partial charge in [-0.05, 0) is 14.1 Å². The summed E-state index contributed by atoms with van der Waals surface area (Å²) < 4.78 is 0. The molecule has 1 rings (SSSR count). The van der Waals surface area contributed by atoms with Crippen LogP contribution in [0, 0.1) is 0 Å². The Morgan fingerprint density at radius 3 is 2.44 bits per heavy atom. The Morgan fingerprint density at radius 2 is 1.94 bits per heavy atom. The van der Waals surface area contributed by atoms with E-state index in [2.05, 4.69) is 55.1 Å². The second-order valence-corrected chi connectivity index (χ2v) is 6.68. The highest BCUT2D eigenvalue weighted by molar-refractivity contribution is 7.99. The van der Waals surface area contributed by atoms with Gasteiger partial charge in [-0.25, -0.2) is 9.97 Å². The van der Waals surface area contributed by atoms with Gasteiger partial charge in [0.05, 0.1) is 0 Å². The van der Waals surface area contributed by atoms with E-state index < -0.39 is 0 Å². The van der Waals surface area contributed by atoms with Crippen molar-refractivity contribution < 1.29 is 0 Å². The minimum atomic E-state index is -0.0241. The first-order valence-electron chi connectivity index (χ1n) is 6.18. The summed E-state index contributed by atoms with van der Waals surface area (Å²) in [7, 11) is 6.06. The fourth-order valence-electron chi connectivity index (χ4n) is 1.30. The van der Waals surface area contributed by atoms with Crippen LogP contribution in [0.2, 0.25) is 0 Å². The van der Waals surface area contributed by atoms with Gasteiger partial charge in [0, 0.05) is 30.8 Å². The van der Waals surface area contributed by atoms with Crippen LogP contribution < -0.4 is 5.32 Å². The lowest BCUT2D eigenvalue weighted by Crippen LogP contribution is -2.18. The Balaban J connectivity index is 2.84. The molecule has 1 aromatic heterocycles. The third-order valence-electron chi connectivity index (χ3n) is 2.42. The Bertz CT molecular complexity index is 385. The van der Waals surface area contributed by atoms with E-state index in [1.807, 2.05) is 13.1 Å². The number of rotatable bonds is 5. The van der Waals surface area contributed by atoms with Gasteiger partial charge in [0.15, 0.2) is 0 Å². The van der Waals surface area contributed by atoms with Gasteiger partial charge in [0.25, 0.3) is 0 Å². The molecular weight excluding hydrogens is 244 g/mol. The summed E-state index contributed by atoms with van der Waals surface area (Å²) in [4.78, 5) is 11.3. The maximum atomic E-state index is 4.64. The van der Waals surface area contributed by atoms with E-state index in [-0.39, 0.29) is 5.41 Å². The van der Waals surface area contributed by atoms with Crippen LogP contribution in [0.4, 0.5) is 5.82 Å².